The highest BCUT2D eigenvalue weighted by Gasteiger charge is 2.14. The zero-order chi connectivity index (χ0) is 13.5. The number of likely N-dealkylation sites (tertiary alicyclic amines) is 1. The summed E-state index contributed by atoms with van der Waals surface area (Å²) >= 11 is 0. The van der Waals surface area contributed by atoms with Crippen LogP contribution in [-0.2, 0) is 11.2 Å². The lowest BCUT2D eigenvalue weighted by molar-refractivity contribution is -0.130. The lowest BCUT2D eigenvalue weighted by Crippen LogP contribution is -2.39. The average Bonchev–Trinajstić information content (AvgIpc) is 2.67. The van der Waals surface area contributed by atoms with E-state index < -0.39 is 0 Å². The zero-order valence-electron chi connectivity index (χ0n) is 11.5. The van der Waals surface area contributed by atoms with Gasteiger partial charge in [-0.15, -0.1) is 0 Å². The van der Waals surface area contributed by atoms with Crippen molar-refractivity contribution in [3.05, 3.63) is 11.7 Å². The molecule has 1 fully saturated rings. The molecule has 0 saturated carbocycles. The summed E-state index contributed by atoms with van der Waals surface area (Å²) in [5.74, 6) is 1.46. The van der Waals surface area contributed by atoms with Crippen LogP contribution in [-0.4, -0.2) is 47.1 Å². The van der Waals surface area contributed by atoms with Crippen LogP contribution < -0.4 is 5.32 Å². The standard InChI is InChI=1S/C13H22N4O2/c1-11-15-12(19-16-11)6-7-14-10-13(18)17-8-4-2-3-5-9-17/h14H,2-10H2,1H3. The van der Waals surface area contributed by atoms with Gasteiger partial charge >= 0.3 is 0 Å². The fourth-order valence-corrected chi connectivity index (χ4v) is 2.26. The molecule has 6 nitrogen and oxygen atoms in total. The van der Waals surface area contributed by atoms with E-state index in [2.05, 4.69) is 15.5 Å². The van der Waals surface area contributed by atoms with Gasteiger partial charge < -0.3 is 14.7 Å². The molecular formula is C13H22N4O2. The maximum atomic E-state index is 12.0. The molecule has 0 atom stereocenters. The number of nitrogens with one attached hydrogen (secondary N) is 1. The Morgan fingerprint density at radius 1 is 1.32 bits per heavy atom. The monoisotopic (exact) mass is 266 g/mol. The number of rotatable bonds is 5. The predicted molar refractivity (Wildman–Crippen MR) is 70.7 cm³/mol. The average molecular weight is 266 g/mol. The second kappa shape index (κ2) is 7.23. The topological polar surface area (TPSA) is 71.3 Å². The van der Waals surface area contributed by atoms with Crippen LogP contribution in [0, 0.1) is 6.92 Å². The molecule has 2 rings (SSSR count). The highest BCUT2D eigenvalue weighted by molar-refractivity contribution is 5.78. The van der Waals surface area contributed by atoms with E-state index in [1.165, 1.54) is 12.8 Å². The van der Waals surface area contributed by atoms with Crippen molar-refractivity contribution < 1.29 is 9.32 Å². The van der Waals surface area contributed by atoms with Crippen LogP contribution in [0.25, 0.3) is 0 Å². The number of aryl methyl sites for hydroxylation is 1. The van der Waals surface area contributed by atoms with Gasteiger partial charge in [-0.2, -0.15) is 4.98 Å². The third kappa shape index (κ3) is 4.63. The number of aromatic nitrogens is 2. The molecule has 0 spiro atoms. The molecule has 0 unspecified atom stereocenters. The summed E-state index contributed by atoms with van der Waals surface area (Å²) in [5, 5.41) is 6.87. The fourth-order valence-electron chi connectivity index (χ4n) is 2.26. The Labute approximate surface area is 113 Å². The Hall–Kier alpha value is -1.43. The fraction of sp³-hybridized carbons (Fsp3) is 0.769. The third-order valence-electron chi connectivity index (χ3n) is 3.32. The van der Waals surface area contributed by atoms with Crippen molar-refractivity contribution in [3.63, 3.8) is 0 Å². The quantitative estimate of drug-likeness (QED) is 0.802. The molecule has 19 heavy (non-hydrogen) atoms. The van der Waals surface area contributed by atoms with Gasteiger partial charge in [-0.1, -0.05) is 18.0 Å². The summed E-state index contributed by atoms with van der Waals surface area (Å²) in [6.07, 6.45) is 5.41. The summed E-state index contributed by atoms with van der Waals surface area (Å²) in [6, 6.07) is 0. The molecule has 1 N–H and O–H groups in total. The third-order valence-corrected chi connectivity index (χ3v) is 3.32. The SMILES string of the molecule is Cc1noc(CCNCC(=O)N2CCCCCC2)n1. The predicted octanol–water partition coefficient (Wildman–Crippen LogP) is 0.913. The van der Waals surface area contributed by atoms with Crippen molar-refractivity contribution in [2.45, 2.75) is 39.0 Å². The van der Waals surface area contributed by atoms with Gasteiger partial charge in [0.05, 0.1) is 6.54 Å². The van der Waals surface area contributed by atoms with Gasteiger partial charge in [0.1, 0.15) is 0 Å². The molecule has 6 heteroatoms. The van der Waals surface area contributed by atoms with Gasteiger partial charge in [0.15, 0.2) is 5.82 Å². The maximum Gasteiger partial charge on any atom is 0.236 e. The Balaban J connectivity index is 1.63. The Bertz CT molecular complexity index is 397. The minimum atomic E-state index is 0.198. The highest BCUT2D eigenvalue weighted by Crippen LogP contribution is 2.09. The van der Waals surface area contributed by atoms with Crippen LogP contribution in [0.2, 0.25) is 0 Å². The van der Waals surface area contributed by atoms with Crippen LogP contribution in [0.4, 0.5) is 0 Å². The van der Waals surface area contributed by atoms with Gasteiger partial charge in [-0.25, -0.2) is 0 Å². The first-order chi connectivity index (χ1) is 9.25. The number of hydrogen-bond acceptors (Lipinski definition) is 5. The highest BCUT2D eigenvalue weighted by atomic mass is 16.5. The summed E-state index contributed by atoms with van der Waals surface area (Å²) in [6.45, 7) is 4.68. The van der Waals surface area contributed by atoms with Crippen molar-refractivity contribution in [1.29, 1.82) is 0 Å². The van der Waals surface area contributed by atoms with Crippen molar-refractivity contribution in [2.75, 3.05) is 26.2 Å². The van der Waals surface area contributed by atoms with Crippen LogP contribution >= 0.6 is 0 Å². The molecule has 1 saturated heterocycles. The number of nitrogens with zero attached hydrogens (tertiary/aromatic N) is 3. The van der Waals surface area contributed by atoms with Gasteiger partial charge in [0.2, 0.25) is 11.8 Å². The number of carbonyl (C=O) groups excluding carboxylic acids is 1. The molecule has 1 aliphatic heterocycles. The molecule has 1 aliphatic rings. The molecule has 1 aromatic rings. The Morgan fingerprint density at radius 3 is 2.68 bits per heavy atom. The molecule has 1 aromatic heterocycles. The van der Waals surface area contributed by atoms with Crippen LogP contribution in [0.5, 0.6) is 0 Å². The molecule has 0 aliphatic carbocycles. The second-order valence-electron chi connectivity index (χ2n) is 4.96. The Morgan fingerprint density at radius 2 is 2.05 bits per heavy atom. The van der Waals surface area contributed by atoms with E-state index in [-0.39, 0.29) is 5.91 Å². The molecule has 0 radical (unpaired) electrons. The Kier molecular flexibility index (Phi) is 5.32. The molecular weight excluding hydrogens is 244 g/mol. The smallest absolute Gasteiger partial charge is 0.236 e. The van der Waals surface area contributed by atoms with Crippen molar-refractivity contribution in [2.24, 2.45) is 0 Å². The summed E-state index contributed by atoms with van der Waals surface area (Å²) < 4.78 is 5.01. The van der Waals surface area contributed by atoms with Gasteiger partial charge in [-0.3, -0.25) is 4.79 Å². The van der Waals surface area contributed by atoms with Gasteiger partial charge in [0, 0.05) is 26.1 Å². The van der Waals surface area contributed by atoms with Crippen molar-refractivity contribution in [1.82, 2.24) is 20.4 Å². The molecule has 106 valence electrons. The molecule has 0 bridgehead atoms. The van der Waals surface area contributed by atoms with Crippen LogP contribution in [0.1, 0.15) is 37.4 Å². The largest absolute Gasteiger partial charge is 0.342 e. The van der Waals surface area contributed by atoms with E-state index in [4.69, 9.17) is 4.52 Å². The van der Waals surface area contributed by atoms with Crippen LogP contribution in [0.15, 0.2) is 4.52 Å². The number of hydrogen-bond donors (Lipinski definition) is 1. The van der Waals surface area contributed by atoms with E-state index in [0.717, 1.165) is 25.9 Å². The van der Waals surface area contributed by atoms with E-state index >= 15 is 0 Å². The van der Waals surface area contributed by atoms with Crippen molar-refractivity contribution >= 4 is 5.91 Å². The molecule has 1 amide bonds. The summed E-state index contributed by atoms with van der Waals surface area (Å²) in [5.41, 5.74) is 0. The zero-order valence-corrected chi connectivity index (χ0v) is 11.5. The maximum absolute atomic E-state index is 12.0. The van der Waals surface area contributed by atoms with E-state index in [1.807, 2.05) is 4.90 Å². The van der Waals surface area contributed by atoms with Gasteiger partial charge in [0.25, 0.3) is 0 Å². The van der Waals surface area contributed by atoms with E-state index in [1.54, 1.807) is 6.92 Å². The molecule has 0 aromatic carbocycles. The first kappa shape index (κ1) is 14.0. The minimum Gasteiger partial charge on any atom is -0.342 e. The van der Waals surface area contributed by atoms with Crippen LogP contribution in [0.3, 0.4) is 0 Å². The van der Waals surface area contributed by atoms with Gasteiger partial charge in [-0.05, 0) is 19.8 Å². The summed E-state index contributed by atoms with van der Waals surface area (Å²) in [7, 11) is 0. The van der Waals surface area contributed by atoms with Crippen molar-refractivity contribution in [3.8, 4) is 0 Å². The van der Waals surface area contributed by atoms with E-state index in [0.29, 0.717) is 31.2 Å². The molecule has 2 heterocycles. The minimum absolute atomic E-state index is 0.198. The lowest BCUT2D eigenvalue weighted by atomic mass is 10.2. The summed E-state index contributed by atoms with van der Waals surface area (Å²) in [4.78, 5) is 18.1. The first-order valence-corrected chi connectivity index (χ1v) is 7.03. The first-order valence-electron chi connectivity index (χ1n) is 7.03. The van der Waals surface area contributed by atoms with E-state index in [9.17, 15) is 4.79 Å². The number of amides is 1. The normalized spacial score (nSPS) is 16.4. The lowest BCUT2D eigenvalue weighted by Gasteiger charge is -2.20. The number of carbonyl (C=O) groups is 1. The second-order valence-corrected chi connectivity index (χ2v) is 4.96.